The fraction of sp³-hybridized carbons (Fsp3) is 0.444. The second-order valence-corrected chi connectivity index (χ2v) is 7.33. The van der Waals surface area contributed by atoms with Crippen LogP contribution in [-0.2, 0) is 13.6 Å². The van der Waals surface area contributed by atoms with Crippen LogP contribution in [0.3, 0.4) is 0 Å². The molecule has 1 amide bonds. The first-order valence-electron chi connectivity index (χ1n) is 9.76. The van der Waals surface area contributed by atoms with Gasteiger partial charge in [0.25, 0.3) is 5.91 Å². The van der Waals surface area contributed by atoms with Gasteiger partial charge in [-0.3, -0.25) is 9.69 Å². The van der Waals surface area contributed by atoms with E-state index in [2.05, 4.69) is 43.0 Å². The number of piperidine rings is 1. The Morgan fingerprint density at radius 2 is 2.30 bits per heavy atom. The summed E-state index contributed by atoms with van der Waals surface area (Å²) in [6.07, 6.45) is 6.84. The maximum absolute atomic E-state index is 12.8. The van der Waals surface area contributed by atoms with Crippen LogP contribution >= 0.6 is 0 Å². The largest absolute Gasteiger partial charge is 0.378 e. The number of amides is 1. The number of nitrogens with one attached hydrogen (secondary N) is 1. The Hall–Kier alpha value is -3.54. The van der Waals surface area contributed by atoms with Crippen LogP contribution in [0.15, 0.2) is 28.1 Å². The van der Waals surface area contributed by atoms with Crippen LogP contribution in [-0.4, -0.2) is 59.5 Å². The molecule has 0 spiro atoms. The zero-order valence-corrected chi connectivity index (χ0v) is 16.9. The van der Waals surface area contributed by atoms with Crippen molar-refractivity contribution in [3.63, 3.8) is 0 Å². The zero-order valence-electron chi connectivity index (χ0n) is 16.9. The van der Waals surface area contributed by atoms with E-state index < -0.39 is 5.91 Å². The molecule has 1 aliphatic heterocycles. The van der Waals surface area contributed by atoms with Crippen molar-refractivity contribution in [2.75, 3.05) is 12.3 Å². The van der Waals surface area contributed by atoms with Gasteiger partial charge in [-0.2, -0.15) is 9.78 Å². The minimum atomic E-state index is -0.471. The Labute approximate surface area is 172 Å². The number of hydrogen-bond acceptors (Lipinski definition) is 9. The third-order valence-electron chi connectivity index (χ3n) is 5.31. The third-order valence-corrected chi connectivity index (χ3v) is 5.31. The highest BCUT2D eigenvalue weighted by Crippen LogP contribution is 2.22. The van der Waals surface area contributed by atoms with Crippen molar-refractivity contribution in [2.24, 2.45) is 12.1 Å². The molecule has 0 aliphatic carbocycles. The summed E-state index contributed by atoms with van der Waals surface area (Å²) in [7, 11) is 1.89. The molecule has 12 heteroatoms. The highest BCUT2D eigenvalue weighted by atomic mass is 16.6. The molecule has 4 rings (SSSR count). The first-order chi connectivity index (χ1) is 14.5. The van der Waals surface area contributed by atoms with E-state index in [0.29, 0.717) is 18.3 Å². The number of carbonyl (C=O) groups excluding carboxylic acids is 1. The van der Waals surface area contributed by atoms with Crippen LogP contribution in [0.5, 0.6) is 0 Å². The van der Waals surface area contributed by atoms with Gasteiger partial charge < -0.3 is 10.3 Å². The van der Waals surface area contributed by atoms with Crippen molar-refractivity contribution in [1.82, 2.24) is 40.2 Å². The lowest BCUT2D eigenvalue weighted by Gasteiger charge is -2.33. The maximum atomic E-state index is 12.8. The molecule has 0 saturated carbocycles. The van der Waals surface area contributed by atoms with E-state index in [-0.39, 0.29) is 17.3 Å². The number of nitrogens with two attached hydrogens (primary N) is 1. The van der Waals surface area contributed by atoms with Crippen molar-refractivity contribution < 1.29 is 9.42 Å². The number of likely N-dealkylation sites (tertiary alicyclic amines) is 1. The van der Waals surface area contributed by atoms with Crippen molar-refractivity contribution in [3.05, 3.63) is 35.4 Å². The minimum Gasteiger partial charge on any atom is -0.378 e. The van der Waals surface area contributed by atoms with Crippen LogP contribution in [0, 0.1) is 0 Å². The lowest BCUT2D eigenvalue weighted by molar-refractivity contribution is 0.0945. The van der Waals surface area contributed by atoms with Gasteiger partial charge in [0.2, 0.25) is 11.6 Å². The van der Waals surface area contributed by atoms with Gasteiger partial charge in [0.15, 0.2) is 5.69 Å². The maximum Gasteiger partial charge on any atom is 0.293 e. The average molecular weight is 412 g/mol. The van der Waals surface area contributed by atoms with E-state index in [1.807, 2.05) is 29.9 Å². The van der Waals surface area contributed by atoms with Gasteiger partial charge in [-0.05, 0) is 48.8 Å². The summed E-state index contributed by atoms with van der Waals surface area (Å²) in [5.74, 6) is -0.198. The normalized spacial score (nSPS) is 17.6. The highest BCUT2D eigenvalue weighted by molar-refractivity contribution is 5.94. The SMILES string of the molecule is CC1CCCCN1Cc1c(C(=O)NN=Cc2cccn2C)nnn1-c1nonc1N. The first-order valence-corrected chi connectivity index (χ1v) is 9.76. The molecule has 1 fully saturated rings. The second-order valence-electron chi connectivity index (χ2n) is 7.33. The fourth-order valence-electron chi connectivity index (χ4n) is 3.53. The van der Waals surface area contributed by atoms with Crippen molar-refractivity contribution >= 4 is 17.9 Å². The Morgan fingerprint density at radius 1 is 1.43 bits per heavy atom. The highest BCUT2D eigenvalue weighted by Gasteiger charge is 2.27. The average Bonchev–Trinajstić information content (AvgIpc) is 3.44. The summed E-state index contributed by atoms with van der Waals surface area (Å²) in [4.78, 5) is 15.1. The number of nitrogen functional groups attached to an aromatic ring is 1. The molecular weight excluding hydrogens is 388 g/mol. The summed E-state index contributed by atoms with van der Waals surface area (Å²) in [6.45, 7) is 3.56. The minimum absolute atomic E-state index is 0.0709. The molecule has 0 bridgehead atoms. The summed E-state index contributed by atoms with van der Waals surface area (Å²) >= 11 is 0. The van der Waals surface area contributed by atoms with E-state index in [0.717, 1.165) is 25.1 Å². The first kappa shape index (κ1) is 19.8. The molecule has 30 heavy (non-hydrogen) atoms. The topological polar surface area (TPSA) is 145 Å². The monoisotopic (exact) mass is 412 g/mol. The van der Waals surface area contributed by atoms with Gasteiger partial charge in [-0.1, -0.05) is 11.6 Å². The van der Waals surface area contributed by atoms with Crippen LogP contribution < -0.4 is 11.2 Å². The Kier molecular flexibility index (Phi) is 5.57. The van der Waals surface area contributed by atoms with Crippen LogP contribution in [0.2, 0.25) is 0 Å². The van der Waals surface area contributed by atoms with Gasteiger partial charge in [-0.15, -0.1) is 5.10 Å². The Morgan fingerprint density at radius 3 is 3.00 bits per heavy atom. The molecule has 158 valence electrons. The van der Waals surface area contributed by atoms with Crippen molar-refractivity contribution in [3.8, 4) is 5.82 Å². The molecular formula is C18H24N10O2. The van der Waals surface area contributed by atoms with E-state index in [9.17, 15) is 4.79 Å². The number of hydrazone groups is 1. The van der Waals surface area contributed by atoms with Crippen LogP contribution in [0.4, 0.5) is 5.82 Å². The summed E-state index contributed by atoms with van der Waals surface area (Å²) in [6, 6.07) is 4.15. The van der Waals surface area contributed by atoms with Crippen molar-refractivity contribution in [2.45, 2.75) is 38.8 Å². The van der Waals surface area contributed by atoms with Gasteiger partial charge >= 0.3 is 0 Å². The molecule has 0 radical (unpaired) electrons. The number of anilines is 1. The molecule has 3 aromatic heterocycles. The molecule has 1 aliphatic rings. The lowest BCUT2D eigenvalue weighted by atomic mass is 10.0. The summed E-state index contributed by atoms with van der Waals surface area (Å²) in [5, 5.41) is 19.6. The van der Waals surface area contributed by atoms with E-state index in [1.165, 1.54) is 11.1 Å². The number of nitrogens with zero attached hydrogens (tertiary/aromatic N) is 8. The zero-order chi connectivity index (χ0) is 21.1. The standard InChI is InChI=1S/C18H24N10O2/c1-12-6-3-4-9-27(12)11-14-15(21-25-28(14)17-16(19)23-30-24-17)18(29)22-20-10-13-7-5-8-26(13)2/h5,7-8,10,12H,3-4,6,9,11H2,1-2H3,(H2,19,23)(H,22,29). The Balaban J connectivity index is 1.61. The Bertz CT molecular complexity index is 1050. The molecule has 1 atom stereocenters. The fourth-order valence-corrected chi connectivity index (χ4v) is 3.53. The number of aromatic nitrogens is 6. The van der Waals surface area contributed by atoms with E-state index in [1.54, 1.807) is 6.21 Å². The molecule has 1 unspecified atom stereocenters. The quantitative estimate of drug-likeness (QED) is 0.445. The summed E-state index contributed by atoms with van der Waals surface area (Å²) < 4.78 is 7.99. The number of aryl methyl sites for hydroxylation is 1. The lowest BCUT2D eigenvalue weighted by Crippen LogP contribution is -2.38. The smallest absolute Gasteiger partial charge is 0.293 e. The molecule has 0 aromatic carbocycles. The molecule has 3 aromatic rings. The number of carbonyl (C=O) groups is 1. The third kappa shape index (κ3) is 3.94. The second kappa shape index (κ2) is 8.45. The van der Waals surface area contributed by atoms with Gasteiger partial charge in [-0.25, -0.2) is 10.1 Å². The van der Waals surface area contributed by atoms with Gasteiger partial charge in [0.05, 0.1) is 17.6 Å². The number of hydrogen-bond donors (Lipinski definition) is 2. The molecule has 12 nitrogen and oxygen atoms in total. The molecule has 4 heterocycles. The summed E-state index contributed by atoms with van der Waals surface area (Å²) in [5.41, 5.74) is 9.91. The van der Waals surface area contributed by atoms with Gasteiger partial charge in [0.1, 0.15) is 0 Å². The van der Waals surface area contributed by atoms with E-state index >= 15 is 0 Å². The molecule has 3 N–H and O–H groups in total. The van der Waals surface area contributed by atoms with Crippen LogP contribution in [0.25, 0.3) is 5.82 Å². The predicted molar refractivity (Wildman–Crippen MR) is 108 cm³/mol. The van der Waals surface area contributed by atoms with Gasteiger partial charge in [0, 0.05) is 25.8 Å². The van der Waals surface area contributed by atoms with Crippen LogP contribution in [0.1, 0.15) is 48.1 Å². The number of rotatable bonds is 6. The molecule has 1 saturated heterocycles. The predicted octanol–water partition coefficient (Wildman–Crippen LogP) is 0.709. The van der Waals surface area contributed by atoms with Crippen molar-refractivity contribution in [1.29, 1.82) is 0 Å². The van der Waals surface area contributed by atoms with E-state index in [4.69, 9.17) is 10.4 Å².